The van der Waals surface area contributed by atoms with Crippen LogP contribution in [0.4, 0.5) is 0 Å². The lowest BCUT2D eigenvalue weighted by molar-refractivity contribution is 0.0526. The molecule has 2 aromatic rings. The topological polar surface area (TPSA) is 39.2 Å². The van der Waals surface area contributed by atoms with Gasteiger partial charge in [0.15, 0.2) is 0 Å². The highest BCUT2D eigenvalue weighted by Gasteiger charge is 2.13. The van der Waals surface area contributed by atoms with Gasteiger partial charge in [-0.05, 0) is 13.0 Å². The van der Waals surface area contributed by atoms with Gasteiger partial charge in [0.1, 0.15) is 0 Å². The summed E-state index contributed by atoms with van der Waals surface area (Å²) in [6.07, 6.45) is 1.69. The van der Waals surface area contributed by atoms with Gasteiger partial charge in [-0.1, -0.05) is 34.1 Å². The second-order valence-electron chi connectivity index (χ2n) is 3.23. The fraction of sp³-hybridized carbons (Fsp3) is 0.167. The quantitative estimate of drug-likeness (QED) is 0.810. The third kappa shape index (κ3) is 2.73. The van der Waals surface area contributed by atoms with E-state index in [4.69, 9.17) is 4.74 Å². The minimum atomic E-state index is -0.365. The Morgan fingerprint density at radius 2 is 2.24 bits per heavy atom. The summed E-state index contributed by atoms with van der Waals surface area (Å²) in [4.78, 5) is 16.5. The Hall–Kier alpha value is -1.20. The molecule has 3 nitrogen and oxygen atoms in total. The lowest BCUT2D eigenvalue weighted by Gasteiger charge is -1.99. The Morgan fingerprint density at radius 1 is 1.47 bits per heavy atom. The Kier molecular flexibility index (Phi) is 3.91. The molecule has 0 radical (unpaired) electrons. The number of hydrogen-bond donors (Lipinski definition) is 0. The summed E-state index contributed by atoms with van der Waals surface area (Å²) >= 11 is 4.81. The van der Waals surface area contributed by atoms with Crippen molar-refractivity contribution in [2.24, 2.45) is 0 Å². The Balaban J connectivity index is 2.30. The van der Waals surface area contributed by atoms with Crippen LogP contribution < -0.4 is 0 Å². The van der Waals surface area contributed by atoms with Crippen molar-refractivity contribution in [1.82, 2.24) is 4.98 Å². The van der Waals surface area contributed by atoms with Crippen LogP contribution in [0.3, 0.4) is 0 Å². The standard InChI is InChI=1S/C12H10BrNO2S/c1-2-16-12(15)11-14-7-10(17-11)8-5-3-4-6-9(8)13/h3-7H,2H2,1H3. The van der Waals surface area contributed by atoms with Crippen LogP contribution in [0.5, 0.6) is 0 Å². The average molecular weight is 312 g/mol. The van der Waals surface area contributed by atoms with Crippen LogP contribution in [0.1, 0.15) is 16.7 Å². The maximum Gasteiger partial charge on any atom is 0.367 e. The van der Waals surface area contributed by atoms with E-state index in [1.54, 1.807) is 13.1 Å². The predicted octanol–water partition coefficient (Wildman–Crippen LogP) is 3.75. The highest BCUT2D eigenvalue weighted by atomic mass is 79.9. The first kappa shape index (κ1) is 12.3. The highest BCUT2D eigenvalue weighted by molar-refractivity contribution is 9.10. The van der Waals surface area contributed by atoms with E-state index in [1.165, 1.54) is 11.3 Å². The lowest BCUT2D eigenvalue weighted by Crippen LogP contribution is -2.03. The van der Waals surface area contributed by atoms with Crippen LogP contribution in [0.15, 0.2) is 34.9 Å². The molecule has 0 spiro atoms. The molecule has 5 heteroatoms. The molecule has 0 aliphatic carbocycles. The van der Waals surface area contributed by atoms with Gasteiger partial charge in [0.2, 0.25) is 5.01 Å². The minimum Gasteiger partial charge on any atom is -0.461 e. The Morgan fingerprint density at radius 3 is 2.94 bits per heavy atom. The fourth-order valence-corrected chi connectivity index (χ4v) is 2.83. The molecular formula is C12H10BrNO2S. The lowest BCUT2D eigenvalue weighted by atomic mass is 10.2. The molecule has 2 rings (SSSR count). The average Bonchev–Trinajstić information content (AvgIpc) is 2.79. The monoisotopic (exact) mass is 311 g/mol. The predicted molar refractivity (Wildman–Crippen MR) is 71.2 cm³/mol. The van der Waals surface area contributed by atoms with Crippen molar-refractivity contribution in [2.45, 2.75) is 6.92 Å². The van der Waals surface area contributed by atoms with Gasteiger partial charge in [0, 0.05) is 16.2 Å². The van der Waals surface area contributed by atoms with E-state index in [0.29, 0.717) is 11.6 Å². The van der Waals surface area contributed by atoms with E-state index in [9.17, 15) is 4.79 Å². The number of nitrogens with zero attached hydrogens (tertiary/aromatic N) is 1. The molecule has 1 aromatic heterocycles. The minimum absolute atomic E-state index is 0.364. The SMILES string of the molecule is CCOC(=O)c1ncc(-c2ccccc2Br)s1. The normalized spacial score (nSPS) is 10.2. The third-order valence-corrected chi connectivity index (χ3v) is 3.80. The van der Waals surface area contributed by atoms with Crippen molar-refractivity contribution in [3.8, 4) is 10.4 Å². The first-order valence-corrected chi connectivity index (χ1v) is 6.71. The number of carbonyl (C=O) groups is 1. The van der Waals surface area contributed by atoms with Crippen LogP contribution >= 0.6 is 27.3 Å². The van der Waals surface area contributed by atoms with E-state index in [-0.39, 0.29) is 5.97 Å². The zero-order valence-electron chi connectivity index (χ0n) is 9.14. The molecule has 1 heterocycles. The molecule has 1 aromatic carbocycles. The molecule has 88 valence electrons. The van der Waals surface area contributed by atoms with Gasteiger partial charge in [-0.15, -0.1) is 11.3 Å². The molecule has 0 saturated carbocycles. The van der Waals surface area contributed by atoms with Crippen molar-refractivity contribution < 1.29 is 9.53 Å². The maximum atomic E-state index is 11.5. The Bertz CT molecular complexity index is 539. The molecule has 0 fully saturated rings. The zero-order valence-corrected chi connectivity index (χ0v) is 11.5. The molecule has 0 saturated heterocycles. The number of benzene rings is 1. The van der Waals surface area contributed by atoms with Gasteiger partial charge in [-0.2, -0.15) is 0 Å². The number of ether oxygens (including phenoxy) is 1. The smallest absolute Gasteiger partial charge is 0.367 e. The van der Waals surface area contributed by atoms with Crippen molar-refractivity contribution in [2.75, 3.05) is 6.61 Å². The number of esters is 1. The van der Waals surface area contributed by atoms with Gasteiger partial charge in [0.25, 0.3) is 0 Å². The molecule has 0 amide bonds. The Labute approximate surface area is 112 Å². The van der Waals surface area contributed by atoms with Crippen molar-refractivity contribution in [3.05, 3.63) is 39.9 Å². The summed E-state index contributed by atoms with van der Waals surface area (Å²) in [5.74, 6) is -0.365. The third-order valence-electron chi connectivity index (χ3n) is 2.10. The van der Waals surface area contributed by atoms with E-state index in [2.05, 4.69) is 20.9 Å². The molecule has 0 unspecified atom stereocenters. The van der Waals surface area contributed by atoms with E-state index in [1.807, 2.05) is 24.3 Å². The maximum absolute atomic E-state index is 11.5. The molecule has 0 N–H and O–H groups in total. The largest absolute Gasteiger partial charge is 0.461 e. The van der Waals surface area contributed by atoms with Gasteiger partial charge < -0.3 is 4.74 Å². The van der Waals surface area contributed by atoms with Crippen LogP contribution in [0, 0.1) is 0 Å². The molecule has 17 heavy (non-hydrogen) atoms. The summed E-state index contributed by atoms with van der Waals surface area (Å²) in [5, 5.41) is 0.387. The summed E-state index contributed by atoms with van der Waals surface area (Å²) in [6.45, 7) is 2.14. The fourth-order valence-electron chi connectivity index (χ4n) is 1.35. The summed E-state index contributed by atoms with van der Waals surface area (Å²) < 4.78 is 5.89. The number of hydrogen-bond acceptors (Lipinski definition) is 4. The number of halogens is 1. The molecule has 0 aliphatic rings. The van der Waals surface area contributed by atoms with Crippen LogP contribution in [0.25, 0.3) is 10.4 Å². The van der Waals surface area contributed by atoms with Gasteiger partial charge in [-0.25, -0.2) is 9.78 Å². The number of thiazole rings is 1. The first-order chi connectivity index (χ1) is 8.22. The zero-order chi connectivity index (χ0) is 12.3. The van der Waals surface area contributed by atoms with Crippen LogP contribution in [-0.2, 0) is 4.74 Å². The van der Waals surface area contributed by atoms with Gasteiger partial charge in [0.05, 0.1) is 11.5 Å². The second kappa shape index (κ2) is 5.42. The summed E-state index contributed by atoms with van der Waals surface area (Å²) in [6, 6.07) is 7.83. The second-order valence-corrected chi connectivity index (χ2v) is 5.11. The first-order valence-electron chi connectivity index (χ1n) is 5.10. The number of aromatic nitrogens is 1. The molecular weight excluding hydrogens is 302 g/mol. The number of rotatable bonds is 3. The van der Waals surface area contributed by atoms with Crippen LogP contribution in [-0.4, -0.2) is 17.6 Å². The van der Waals surface area contributed by atoms with Crippen molar-refractivity contribution >= 4 is 33.2 Å². The highest BCUT2D eigenvalue weighted by Crippen LogP contribution is 2.32. The van der Waals surface area contributed by atoms with Gasteiger partial charge >= 0.3 is 5.97 Å². The summed E-state index contributed by atoms with van der Waals surface area (Å²) in [5.41, 5.74) is 1.03. The number of carbonyl (C=O) groups excluding carboxylic acids is 1. The van der Waals surface area contributed by atoms with Gasteiger partial charge in [-0.3, -0.25) is 0 Å². The molecule has 0 atom stereocenters. The van der Waals surface area contributed by atoms with E-state index < -0.39 is 0 Å². The summed E-state index contributed by atoms with van der Waals surface area (Å²) in [7, 11) is 0. The van der Waals surface area contributed by atoms with Crippen molar-refractivity contribution in [1.29, 1.82) is 0 Å². The van der Waals surface area contributed by atoms with Crippen LogP contribution in [0.2, 0.25) is 0 Å². The van der Waals surface area contributed by atoms with Crippen molar-refractivity contribution in [3.63, 3.8) is 0 Å². The molecule has 0 bridgehead atoms. The van der Waals surface area contributed by atoms with E-state index >= 15 is 0 Å². The van der Waals surface area contributed by atoms with E-state index in [0.717, 1.165) is 14.9 Å². The molecule has 0 aliphatic heterocycles.